The van der Waals surface area contributed by atoms with Crippen LogP contribution in [-0.4, -0.2) is 31.7 Å². The average Bonchev–Trinajstić information content (AvgIpc) is 3.26. The highest BCUT2D eigenvalue weighted by molar-refractivity contribution is 5.94. The van der Waals surface area contributed by atoms with E-state index in [1.54, 1.807) is 30.7 Å². The topological polar surface area (TPSA) is 72.7 Å². The molecule has 3 heterocycles. The summed E-state index contributed by atoms with van der Waals surface area (Å²) in [5.74, 6) is 0.936. The van der Waals surface area contributed by atoms with Crippen molar-refractivity contribution in [1.29, 1.82) is 0 Å². The van der Waals surface area contributed by atoms with Gasteiger partial charge in [-0.1, -0.05) is 18.2 Å². The van der Waals surface area contributed by atoms with Gasteiger partial charge in [0.05, 0.1) is 11.3 Å². The Labute approximate surface area is 158 Å². The summed E-state index contributed by atoms with van der Waals surface area (Å²) in [6.45, 7) is 4.09. The molecule has 3 aromatic rings. The van der Waals surface area contributed by atoms with E-state index in [9.17, 15) is 4.79 Å². The molecule has 2 atom stereocenters. The number of rotatable bonds is 4. The molecular formula is C21H21N5O. The van der Waals surface area contributed by atoms with Gasteiger partial charge in [0.25, 0.3) is 5.91 Å². The van der Waals surface area contributed by atoms with Crippen molar-refractivity contribution < 1.29 is 4.79 Å². The number of allylic oxidation sites excluding steroid dienone is 1. The van der Waals surface area contributed by atoms with E-state index < -0.39 is 0 Å². The van der Waals surface area contributed by atoms with Crippen LogP contribution in [0.1, 0.15) is 39.6 Å². The molecule has 0 unspecified atom stereocenters. The number of hydrogen-bond donors (Lipinski definition) is 1. The molecule has 0 radical (unpaired) electrons. The van der Waals surface area contributed by atoms with Crippen LogP contribution in [0.25, 0.3) is 5.82 Å². The predicted molar refractivity (Wildman–Crippen MR) is 103 cm³/mol. The van der Waals surface area contributed by atoms with E-state index in [4.69, 9.17) is 0 Å². The number of hydrogen-bond acceptors (Lipinski definition) is 4. The first-order chi connectivity index (χ1) is 13.1. The molecule has 136 valence electrons. The maximum Gasteiger partial charge on any atom is 0.253 e. The second-order valence-electron chi connectivity index (χ2n) is 6.73. The van der Waals surface area contributed by atoms with E-state index in [0.29, 0.717) is 5.56 Å². The lowest BCUT2D eigenvalue weighted by Crippen LogP contribution is -2.32. The molecule has 0 spiro atoms. The van der Waals surface area contributed by atoms with Gasteiger partial charge in [-0.25, -0.2) is 9.67 Å². The van der Waals surface area contributed by atoms with Gasteiger partial charge in [0.1, 0.15) is 0 Å². The number of nitrogens with zero attached hydrogens (tertiary/aromatic N) is 4. The number of pyridine rings is 2. The van der Waals surface area contributed by atoms with Crippen molar-refractivity contribution in [3.63, 3.8) is 0 Å². The van der Waals surface area contributed by atoms with Gasteiger partial charge >= 0.3 is 0 Å². The van der Waals surface area contributed by atoms with Crippen molar-refractivity contribution in [2.24, 2.45) is 0 Å². The largest absolute Gasteiger partial charge is 0.346 e. The summed E-state index contributed by atoms with van der Waals surface area (Å²) in [4.78, 5) is 20.8. The standard InChI is InChI=1S/C21H21N5O/c1-14-20(15(2)26(25-14)19-7-3-4-11-23-19)16-8-9-18(12-16)24-21(27)17-6-5-10-22-13-17/h3-11,13,16,18H,12H2,1-2H3,(H,24,27)/t16-,18+/m0/s1. The normalized spacial score (nSPS) is 18.6. The van der Waals surface area contributed by atoms with Gasteiger partial charge in [0.15, 0.2) is 5.82 Å². The number of nitrogens with one attached hydrogen (secondary N) is 1. The highest BCUT2D eigenvalue weighted by Gasteiger charge is 2.27. The summed E-state index contributed by atoms with van der Waals surface area (Å²) >= 11 is 0. The molecule has 1 aliphatic carbocycles. The summed E-state index contributed by atoms with van der Waals surface area (Å²) in [5.41, 5.74) is 3.85. The second-order valence-corrected chi connectivity index (χ2v) is 6.73. The Morgan fingerprint density at radius 3 is 2.78 bits per heavy atom. The lowest BCUT2D eigenvalue weighted by atomic mass is 9.96. The van der Waals surface area contributed by atoms with Gasteiger partial charge in [0.2, 0.25) is 0 Å². The molecular weight excluding hydrogens is 338 g/mol. The van der Waals surface area contributed by atoms with Crippen molar-refractivity contribution in [2.45, 2.75) is 32.2 Å². The molecule has 4 rings (SSSR count). The molecule has 0 saturated carbocycles. The number of amides is 1. The van der Waals surface area contributed by atoms with Crippen LogP contribution in [0.4, 0.5) is 0 Å². The van der Waals surface area contributed by atoms with Crippen LogP contribution in [0.2, 0.25) is 0 Å². The third-order valence-corrected chi connectivity index (χ3v) is 4.91. The quantitative estimate of drug-likeness (QED) is 0.727. The van der Waals surface area contributed by atoms with Gasteiger partial charge in [0, 0.05) is 41.8 Å². The van der Waals surface area contributed by atoms with Gasteiger partial charge in [-0.05, 0) is 44.5 Å². The first-order valence-corrected chi connectivity index (χ1v) is 9.00. The summed E-state index contributed by atoms with van der Waals surface area (Å²) in [6.07, 6.45) is 10.1. The second kappa shape index (κ2) is 7.15. The fourth-order valence-corrected chi connectivity index (χ4v) is 3.66. The SMILES string of the molecule is Cc1nn(-c2ccccn2)c(C)c1[C@H]1C=C[C@@H](NC(=O)c2cccnc2)C1. The summed E-state index contributed by atoms with van der Waals surface area (Å²) < 4.78 is 1.89. The number of carbonyl (C=O) groups excluding carboxylic acids is 1. The fraction of sp³-hybridized carbons (Fsp3) is 0.238. The van der Waals surface area contributed by atoms with Gasteiger partial charge < -0.3 is 5.32 Å². The van der Waals surface area contributed by atoms with E-state index in [-0.39, 0.29) is 17.9 Å². The van der Waals surface area contributed by atoms with Crippen LogP contribution >= 0.6 is 0 Å². The monoisotopic (exact) mass is 359 g/mol. The summed E-state index contributed by atoms with van der Waals surface area (Å²) in [5, 5.41) is 7.75. The van der Waals surface area contributed by atoms with Crippen molar-refractivity contribution in [3.05, 3.63) is 83.6 Å². The van der Waals surface area contributed by atoms with E-state index in [2.05, 4.69) is 39.5 Å². The molecule has 0 bridgehead atoms. The van der Waals surface area contributed by atoms with Gasteiger partial charge in [-0.3, -0.25) is 9.78 Å². The minimum absolute atomic E-state index is 0.000272. The molecule has 1 N–H and O–H groups in total. The maximum absolute atomic E-state index is 12.4. The molecule has 0 saturated heterocycles. The Balaban J connectivity index is 1.51. The molecule has 6 heteroatoms. The zero-order valence-corrected chi connectivity index (χ0v) is 15.3. The molecule has 1 aliphatic rings. The van der Waals surface area contributed by atoms with E-state index in [1.807, 2.05) is 29.8 Å². The Bertz CT molecular complexity index is 979. The third-order valence-electron chi connectivity index (χ3n) is 4.91. The Kier molecular flexibility index (Phi) is 4.54. The Morgan fingerprint density at radius 2 is 2.04 bits per heavy atom. The molecule has 0 fully saturated rings. The van der Waals surface area contributed by atoms with Crippen LogP contribution in [0.3, 0.4) is 0 Å². The molecule has 3 aromatic heterocycles. The van der Waals surface area contributed by atoms with Crippen LogP contribution in [-0.2, 0) is 0 Å². The number of aromatic nitrogens is 4. The third kappa shape index (κ3) is 3.38. The smallest absolute Gasteiger partial charge is 0.253 e. The first kappa shape index (κ1) is 17.1. The summed E-state index contributed by atoms with van der Waals surface area (Å²) in [7, 11) is 0. The zero-order chi connectivity index (χ0) is 18.8. The lowest BCUT2D eigenvalue weighted by molar-refractivity contribution is 0.0943. The molecule has 0 aromatic carbocycles. The molecule has 6 nitrogen and oxygen atoms in total. The van der Waals surface area contributed by atoms with Crippen molar-refractivity contribution in [2.75, 3.05) is 0 Å². The minimum Gasteiger partial charge on any atom is -0.346 e. The van der Waals surface area contributed by atoms with Crippen molar-refractivity contribution in [1.82, 2.24) is 25.1 Å². The maximum atomic E-state index is 12.4. The molecule has 27 heavy (non-hydrogen) atoms. The molecule has 0 aliphatic heterocycles. The van der Waals surface area contributed by atoms with Crippen molar-refractivity contribution in [3.8, 4) is 5.82 Å². The predicted octanol–water partition coefficient (Wildman–Crippen LogP) is 3.12. The Morgan fingerprint density at radius 1 is 1.15 bits per heavy atom. The fourth-order valence-electron chi connectivity index (χ4n) is 3.66. The Hall–Kier alpha value is -3.28. The highest BCUT2D eigenvalue weighted by atomic mass is 16.1. The van der Waals surface area contributed by atoms with E-state index in [0.717, 1.165) is 23.6 Å². The number of carbonyl (C=O) groups is 1. The summed E-state index contributed by atoms with van der Waals surface area (Å²) in [6, 6.07) is 9.33. The minimum atomic E-state index is -0.101. The zero-order valence-electron chi connectivity index (χ0n) is 15.3. The average molecular weight is 359 g/mol. The van der Waals surface area contributed by atoms with Crippen LogP contribution in [0.5, 0.6) is 0 Å². The lowest BCUT2D eigenvalue weighted by Gasteiger charge is -2.14. The van der Waals surface area contributed by atoms with Crippen LogP contribution in [0.15, 0.2) is 61.1 Å². The van der Waals surface area contributed by atoms with E-state index >= 15 is 0 Å². The first-order valence-electron chi connectivity index (χ1n) is 9.00. The molecule has 1 amide bonds. The van der Waals surface area contributed by atoms with Crippen molar-refractivity contribution >= 4 is 5.91 Å². The van der Waals surface area contributed by atoms with E-state index in [1.165, 1.54) is 5.56 Å². The van der Waals surface area contributed by atoms with Gasteiger partial charge in [-0.2, -0.15) is 5.10 Å². The highest BCUT2D eigenvalue weighted by Crippen LogP contribution is 2.33. The van der Waals surface area contributed by atoms with Crippen LogP contribution in [0, 0.1) is 13.8 Å². The number of aryl methyl sites for hydroxylation is 1. The van der Waals surface area contributed by atoms with Gasteiger partial charge in [-0.15, -0.1) is 0 Å². The van der Waals surface area contributed by atoms with Crippen LogP contribution < -0.4 is 5.32 Å².